The van der Waals surface area contributed by atoms with Gasteiger partial charge in [0.2, 0.25) is 0 Å². The smallest absolute Gasteiger partial charge is 0.123 e. The van der Waals surface area contributed by atoms with Gasteiger partial charge in [-0.25, -0.2) is 0 Å². The Bertz CT molecular complexity index is 437. The maximum Gasteiger partial charge on any atom is 0.123 e. The van der Waals surface area contributed by atoms with Crippen LogP contribution >= 0.6 is 0 Å². The van der Waals surface area contributed by atoms with Gasteiger partial charge in [0.15, 0.2) is 0 Å². The molecule has 0 aliphatic rings. The van der Waals surface area contributed by atoms with E-state index in [0.717, 1.165) is 22.2 Å². The van der Waals surface area contributed by atoms with E-state index in [9.17, 15) is 0 Å². The summed E-state index contributed by atoms with van der Waals surface area (Å²) in [5, 5.41) is 1.15. The standard InChI is InChI=1S/C11H11NO/c1-8-10(13-2)6-5-9-4-3-7-12-11(8)9/h3-7H,1-2H3. The fourth-order valence-electron chi connectivity index (χ4n) is 1.49. The van der Waals surface area contributed by atoms with Crippen molar-refractivity contribution >= 4 is 10.9 Å². The molecule has 0 radical (unpaired) electrons. The number of benzene rings is 1. The highest BCUT2D eigenvalue weighted by molar-refractivity contribution is 5.83. The molecule has 0 N–H and O–H groups in total. The molecule has 0 unspecified atom stereocenters. The molecule has 2 heteroatoms. The molecule has 0 aliphatic carbocycles. The van der Waals surface area contributed by atoms with E-state index in [1.807, 2.05) is 25.1 Å². The van der Waals surface area contributed by atoms with Gasteiger partial charge in [0, 0.05) is 17.1 Å². The van der Waals surface area contributed by atoms with Crippen LogP contribution in [0.5, 0.6) is 5.75 Å². The number of aryl methyl sites for hydroxylation is 1. The van der Waals surface area contributed by atoms with Crippen molar-refractivity contribution in [1.29, 1.82) is 0 Å². The number of ether oxygens (including phenoxy) is 1. The van der Waals surface area contributed by atoms with Gasteiger partial charge < -0.3 is 4.74 Å². The van der Waals surface area contributed by atoms with Crippen LogP contribution in [0, 0.1) is 6.92 Å². The minimum atomic E-state index is 0.895. The molecule has 1 aromatic heterocycles. The van der Waals surface area contributed by atoms with Gasteiger partial charge in [-0.3, -0.25) is 4.98 Å². The molecule has 0 bridgehead atoms. The van der Waals surface area contributed by atoms with E-state index < -0.39 is 0 Å². The molecule has 0 aliphatic heterocycles. The van der Waals surface area contributed by atoms with Crippen molar-refractivity contribution in [2.45, 2.75) is 6.92 Å². The topological polar surface area (TPSA) is 22.1 Å². The molecule has 13 heavy (non-hydrogen) atoms. The molecule has 66 valence electrons. The Morgan fingerprint density at radius 2 is 2.08 bits per heavy atom. The zero-order valence-corrected chi connectivity index (χ0v) is 7.74. The Hall–Kier alpha value is -1.57. The minimum absolute atomic E-state index is 0.895. The summed E-state index contributed by atoms with van der Waals surface area (Å²) in [4.78, 5) is 4.31. The molecule has 0 amide bonds. The zero-order valence-electron chi connectivity index (χ0n) is 7.74. The lowest BCUT2D eigenvalue weighted by Crippen LogP contribution is -1.89. The molecule has 0 atom stereocenters. The van der Waals surface area contributed by atoms with Crippen LogP contribution in [0.2, 0.25) is 0 Å². The highest BCUT2D eigenvalue weighted by Gasteiger charge is 2.02. The lowest BCUT2D eigenvalue weighted by atomic mass is 10.1. The lowest BCUT2D eigenvalue weighted by molar-refractivity contribution is 0.412. The van der Waals surface area contributed by atoms with Crippen molar-refractivity contribution in [3.63, 3.8) is 0 Å². The quantitative estimate of drug-likeness (QED) is 0.661. The third-order valence-electron chi connectivity index (χ3n) is 2.20. The Morgan fingerprint density at radius 3 is 2.85 bits per heavy atom. The van der Waals surface area contributed by atoms with E-state index in [4.69, 9.17) is 4.74 Å². The van der Waals surface area contributed by atoms with Crippen molar-refractivity contribution in [3.05, 3.63) is 36.0 Å². The summed E-state index contributed by atoms with van der Waals surface area (Å²) < 4.78 is 5.21. The van der Waals surface area contributed by atoms with E-state index in [2.05, 4.69) is 11.1 Å². The third kappa shape index (κ3) is 1.24. The normalized spacial score (nSPS) is 10.3. The van der Waals surface area contributed by atoms with Gasteiger partial charge >= 0.3 is 0 Å². The van der Waals surface area contributed by atoms with E-state index in [0.29, 0.717) is 0 Å². The predicted molar refractivity (Wildman–Crippen MR) is 53.0 cm³/mol. The summed E-state index contributed by atoms with van der Waals surface area (Å²) in [6, 6.07) is 7.98. The summed E-state index contributed by atoms with van der Waals surface area (Å²) in [5.74, 6) is 0.895. The average Bonchev–Trinajstić information content (AvgIpc) is 2.19. The van der Waals surface area contributed by atoms with E-state index in [1.165, 1.54) is 0 Å². The predicted octanol–water partition coefficient (Wildman–Crippen LogP) is 2.55. The van der Waals surface area contributed by atoms with Crippen molar-refractivity contribution in [2.75, 3.05) is 7.11 Å². The first-order valence-corrected chi connectivity index (χ1v) is 4.21. The lowest BCUT2D eigenvalue weighted by Gasteiger charge is -2.06. The highest BCUT2D eigenvalue weighted by Crippen LogP contribution is 2.24. The SMILES string of the molecule is COc1ccc2cccnc2c1C. The summed E-state index contributed by atoms with van der Waals surface area (Å²) >= 11 is 0. The second kappa shape index (κ2) is 3.05. The average molecular weight is 173 g/mol. The highest BCUT2D eigenvalue weighted by atomic mass is 16.5. The van der Waals surface area contributed by atoms with Crippen LogP contribution in [-0.2, 0) is 0 Å². The Morgan fingerprint density at radius 1 is 1.23 bits per heavy atom. The maximum atomic E-state index is 5.21. The van der Waals surface area contributed by atoms with Crippen LogP contribution in [0.1, 0.15) is 5.56 Å². The van der Waals surface area contributed by atoms with Gasteiger partial charge in [-0.05, 0) is 25.1 Å². The number of aromatic nitrogens is 1. The van der Waals surface area contributed by atoms with Gasteiger partial charge in [0.1, 0.15) is 5.75 Å². The summed E-state index contributed by atoms with van der Waals surface area (Å²) in [6.45, 7) is 2.02. The van der Waals surface area contributed by atoms with Crippen LogP contribution in [0.15, 0.2) is 30.5 Å². The molecule has 0 saturated carbocycles. The zero-order chi connectivity index (χ0) is 9.26. The molecule has 1 heterocycles. The number of pyridine rings is 1. The number of methoxy groups -OCH3 is 1. The molecule has 0 saturated heterocycles. The van der Waals surface area contributed by atoms with Crippen LogP contribution < -0.4 is 4.74 Å². The number of nitrogens with zero attached hydrogens (tertiary/aromatic N) is 1. The van der Waals surface area contributed by atoms with Gasteiger partial charge in [-0.2, -0.15) is 0 Å². The fourth-order valence-corrected chi connectivity index (χ4v) is 1.49. The van der Waals surface area contributed by atoms with E-state index in [-0.39, 0.29) is 0 Å². The van der Waals surface area contributed by atoms with Gasteiger partial charge in [-0.1, -0.05) is 6.07 Å². The number of hydrogen-bond acceptors (Lipinski definition) is 2. The Labute approximate surface area is 77.2 Å². The van der Waals surface area contributed by atoms with Crippen molar-refractivity contribution in [3.8, 4) is 5.75 Å². The van der Waals surface area contributed by atoms with Gasteiger partial charge in [0.05, 0.1) is 12.6 Å². The van der Waals surface area contributed by atoms with Crippen molar-refractivity contribution < 1.29 is 4.74 Å². The van der Waals surface area contributed by atoms with E-state index in [1.54, 1.807) is 13.3 Å². The number of rotatable bonds is 1. The molecule has 1 aromatic carbocycles. The molecular formula is C11H11NO. The third-order valence-corrected chi connectivity index (χ3v) is 2.20. The van der Waals surface area contributed by atoms with Crippen molar-refractivity contribution in [1.82, 2.24) is 4.98 Å². The molecular weight excluding hydrogens is 162 g/mol. The molecule has 2 rings (SSSR count). The van der Waals surface area contributed by atoms with Crippen LogP contribution in [0.25, 0.3) is 10.9 Å². The minimum Gasteiger partial charge on any atom is -0.496 e. The fraction of sp³-hybridized carbons (Fsp3) is 0.182. The molecule has 0 spiro atoms. The van der Waals surface area contributed by atoms with Crippen LogP contribution in [0.4, 0.5) is 0 Å². The molecule has 2 aromatic rings. The van der Waals surface area contributed by atoms with E-state index >= 15 is 0 Å². The van der Waals surface area contributed by atoms with Crippen LogP contribution in [-0.4, -0.2) is 12.1 Å². The summed E-state index contributed by atoms with van der Waals surface area (Å²) in [5.41, 5.74) is 2.11. The summed E-state index contributed by atoms with van der Waals surface area (Å²) in [6.07, 6.45) is 1.80. The molecule has 2 nitrogen and oxygen atoms in total. The first-order valence-electron chi connectivity index (χ1n) is 4.21. The Kier molecular flexibility index (Phi) is 1.89. The maximum absolute atomic E-state index is 5.21. The summed E-state index contributed by atoms with van der Waals surface area (Å²) in [7, 11) is 1.68. The first kappa shape index (κ1) is 8.05. The first-order chi connectivity index (χ1) is 6.33. The second-order valence-corrected chi connectivity index (χ2v) is 2.97. The van der Waals surface area contributed by atoms with Crippen molar-refractivity contribution in [2.24, 2.45) is 0 Å². The second-order valence-electron chi connectivity index (χ2n) is 2.97. The molecule has 0 fully saturated rings. The number of hydrogen-bond donors (Lipinski definition) is 0. The van der Waals surface area contributed by atoms with Gasteiger partial charge in [0.25, 0.3) is 0 Å². The monoisotopic (exact) mass is 173 g/mol. The Balaban J connectivity index is 2.79. The largest absolute Gasteiger partial charge is 0.496 e. The van der Waals surface area contributed by atoms with Gasteiger partial charge in [-0.15, -0.1) is 0 Å². The number of fused-ring (bicyclic) bond motifs is 1. The van der Waals surface area contributed by atoms with Crippen LogP contribution in [0.3, 0.4) is 0 Å².